The number of nitriles is 1. The molecule has 132 valence electrons. The lowest BCUT2D eigenvalue weighted by atomic mass is 9.96. The highest BCUT2D eigenvalue weighted by Gasteiger charge is 2.42. The second-order valence-electron chi connectivity index (χ2n) is 6.15. The molecular formula is C20H18N2O4. The van der Waals surface area contributed by atoms with Gasteiger partial charge in [-0.2, -0.15) is 5.26 Å². The van der Waals surface area contributed by atoms with Crippen molar-refractivity contribution in [2.45, 2.75) is 24.7 Å². The van der Waals surface area contributed by atoms with E-state index in [-0.39, 0.29) is 12.9 Å². The molecule has 0 radical (unpaired) electrons. The molecule has 0 spiro atoms. The Kier molecular flexibility index (Phi) is 4.85. The van der Waals surface area contributed by atoms with Gasteiger partial charge < -0.3 is 15.2 Å². The number of ether oxygens (including phenoxy) is 2. The smallest absolute Gasteiger partial charge is 0.338 e. The van der Waals surface area contributed by atoms with Gasteiger partial charge in [-0.25, -0.2) is 4.79 Å². The predicted octanol–water partition coefficient (Wildman–Crippen LogP) is 1.74. The number of fused-ring (bicyclic) bond motifs is 3. The summed E-state index contributed by atoms with van der Waals surface area (Å²) in [6.07, 6.45) is -0.539. The van der Waals surface area contributed by atoms with Crippen LogP contribution in [-0.4, -0.2) is 31.0 Å². The van der Waals surface area contributed by atoms with Crippen LogP contribution in [0.5, 0.6) is 0 Å². The van der Waals surface area contributed by atoms with E-state index in [2.05, 4.69) is 16.9 Å². The number of hydrogen-bond donors (Lipinski definition) is 1. The number of hydrogen-bond acceptors (Lipinski definition) is 6. The van der Waals surface area contributed by atoms with E-state index in [1.807, 2.05) is 30.3 Å². The summed E-state index contributed by atoms with van der Waals surface area (Å²) in [5, 5.41) is 9.18. The second-order valence-corrected chi connectivity index (χ2v) is 6.15. The van der Waals surface area contributed by atoms with Crippen LogP contribution in [0.3, 0.4) is 0 Å². The Bertz CT molecular complexity index is 903. The van der Waals surface area contributed by atoms with Gasteiger partial charge in [0.15, 0.2) is 17.9 Å². The number of carbonyl (C=O) groups excluding carboxylic acids is 2. The lowest BCUT2D eigenvalue weighted by Gasteiger charge is -2.24. The van der Waals surface area contributed by atoms with Crippen molar-refractivity contribution in [2.24, 2.45) is 5.73 Å². The zero-order chi connectivity index (χ0) is 18.7. The fraction of sp³-hybridized carbons (Fsp3) is 0.250. The number of nitrogens with zero attached hydrogens (tertiary/aromatic N) is 1. The van der Waals surface area contributed by atoms with Crippen LogP contribution < -0.4 is 5.73 Å². The number of carbonyl (C=O) groups is 2. The average Bonchev–Trinajstić information content (AvgIpc) is 3.07. The summed E-state index contributed by atoms with van der Waals surface area (Å²) in [5.41, 5.74) is 9.09. The Morgan fingerprint density at radius 1 is 1.31 bits per heavy atom. The highest BCUT2D eigenvalue weighted by molar-refractivity contribution is 5.86. The van der Waals surface area contributed by atoms with Crippen molar-refractivity contribution in [2.75, 3.05) is 7.11 Å². The third-order valence-corrected chi connectivity index (χ3v) is 4.59. The van der Waals surface area contributed by atoms with Crippen molar-refractivity contribution < 1.29 is 19.1 Å². The molecule has 0 saturated carbocycles. The lowest BCUT2D eigenvalue weighted by molar-refractivity contribution is -0.159. The van der Waals surface area contributed by atoms with Gasteiger partial charge in [-0.1, -0.05) is 42.5 Å². The molecule has 0 aliphatic heterocycles. The van der Waals surface area contributed by atoms with Crippen LogP contribution in [-0.2, 0) is 32.1 Å². The van der Waals surface area contributed by atoms with Crippen molar-refractivity contribution in [3.05, 3.63) is 59.2 Å². The molecule has 1 aliphatic rings. The third-order valence-electron chi connectivity index (χ3n) is 4.59. The SMILES string of the molecule is COC(=O)C(OCc1cccc2c1Cc1ccccc1-2)C(N)(C#N)C=O. The monoisotopic (exact) mass is 350 g/mol. The fourth-order valence-corrected chi connectivity index (χ4v) is 3.19. The van der Waals surface area contributed by atoms with Crippen LogP contribution in [0.2, 0.25) is 0 Å². The molecule has 2 aromatic carbocycles. The summed E-state index contributed by atoms with van der Waals surface area (Å²) < 4.78 is 10.2. The minimum Gasteiger partial charge on any atom is -0.467 e. The number of esters is 1. The Balaban J connectivity index is 1.87. The molecule has 2 N–H and O–H groups in total. The molecule has 0 saturated heterocycles. The van der Waals surface area contributed by atoms with E-state index in [1.54, 1.807) is 6.07 Å². The first-order valence-electron chi connectivity index (χ1n) is 8.09. The molecule has 6 nitrogen and oxygen atoms in total. The van der Waals surface area contributed by atoms with Crippen LogP contribution in [0.15, 0.2) is 42.5 Å². The van der Waals surface area contributed by atoms with Gasteiger partial charge in [0.2, 0.25) is 0 Å². The first kappa shape index (κ1) is 17.8. The van der Waals surface area contributed by atoms with Gasteiger partial charge in [0.25, 0.3) is 0 Å². The molecule has 1 aliphatic carbocycles. The highest BCUT2D eigenvalue weighted by atomic mass is 16.6. The van der Waals surface area contributed by atoms with Crippen molar-refractivity contribution >= 4 is 12.3 Å². The van der Waals surface area contributed by atoms with Crippen molar-refractivity contribution in [1.82, 2.24) is 0 Å². The van der Waals surface area contributed by atoms with Crippen molar-refractivity contribution in [3.8, 4) is 17.2 Å². The molecule has 0 aromatic heterocycles. The maximum absolute atomic E-state index is 12.0. The minimum absolute atomic E-state index is 0.0331. The van der Waals surface area contributed by atoms with Crippen molar-refractivity contribution in [3.63, 3.8) is 0 Å². The Morgan fingerprint density at radius 2 is 2.04 bits per heavy atom. The van der Waals surface area contributed by atoms with Gasteiger partial charge in [0, 0.05) is 0 Å². The zero-order valence-electron chi connectivity index (χ0n) is 14.3. The summed E-state index contributed by atoms with van der Waals surface area (Å²) in [4.78, 5) is 23.2. The van der Waals surface area contributed by atoms with Crippen molar-refractivity contribution in [1.29, 1.82) is 5.26 Å². The Hall–Kier alpha value is -3.01. The van der Waals surface area contributed by atoms with Gasteiger partial charge in [-0.05, 0) is 34.2 Å². The second kappa shape index (κ2) is 7.08. The van der Waals surface area contributed by atoms with Crippen LogP contribution in [0.25, 0.3) is 11.1 Å². The molecule has 0 fully saturated rings. The van der Waals surface area contributed by atoms with Gasteiger partial charge in [-0.3, -0.25) is 4.79 Å². The highest BCUT2D eigenvalue weighted by Crippen LogP contribution is 2.38. The minimum atomic E-state index is -2.10. The Labute approximate surface area is 151 Å². The van der Waals surface area contributed by atoms with Gasteiger partial charge in [-0.15, -0.1) is 0 Å². The standard InChI is InChI=1S/C20H18N2O4/c1-25-19(24)18(20(22,11-21)12-23)26-10-14-6-4-8-16-15-7-3-2-5-13(15)9-17(14)16/h2-8,12,18H,9-10,22H2,1H3. The molecule has 2 atom stereocenters. The fourth-order valence-electron chi connectivity index (χ4n) is 3.19. The summed E-state index contributed by atoms with van der Waals surface area (Å²) in [7, 11) is 1.15. The Morgan fingerprint density at radius 3 is 2.73 bits per heavy atom. The van der Waals surface area contributed by atoms with E-state index in [0.717, 1.165) is 30.2 Å². The van der Waals surface area contributed by atoms with E-state index in [9.17, 15) is 14.9 Å². The molecular weight excluding hydrogens is 332 g/mol. The van der Waals surface area contributed by atoms with Gasteiger partial charge in [0.1, 0.15) is 0 Å². The maximum Gasteiger partial charge on any atom is 0.338 e. The summed E-state index contributed by atoms with van der Waals surface area (Å²) in [6.45, 7) is 0.0331. The number of methoxy groups -OCH3 is 1. The van der Waals surface area contributed by atoms with Crippen LogP contribution in [0, 0.1) is 11.3 Å². The average molecular weight is 350 g/mol. The van der Waals surface area contributed by atoms with Crippen LogP contribution >= 0.6 is 0 Å². The van der Waals surface area contributed by atoms with E-state index in [1.165, 1.54) is 11.1 Å². The van der Waals surface area contributed by atoms with E-state index in [4.69, 9.17) is 10.5 Å². The number of nitrogens with two attached hydrogens (primary N) is 1. The van der Waals surface area contributed by atoms with E-state index >= 15 is 0 Å². The number of aldehydes is 1. The summed E-state index contributed by atoms with van der Waals surface area (Å²) >= 11 is 0. The van der Waals surface area contributed by atoms with Gasteiger partial charge in [0.05, 0.1) is 19.8 Å². The molecule has 0 amide bonds. The first-order chi connectivity index (χ1) is 12.5. The van der Waals surface area contributed by atoms with E-state index in [0.29, 0.717) is 0 Å². The van der Waals surface area contributed by atoms with E-state index < -0.39 is 17.6 Å². The molecule has 2 aromatic rings. The lowest BCUT2D eigenvalue weighted by Crippen LogP contribution is -2.56. The zero-order valence-corrected chi connectivity index (χ0v) is 14.3. The number of benzene rings is 2. The molecule has 26 heavy (non-hydrogen) atoms. The summed E-state index contributed by atoms with van der Waals surface area (Å²) in [5.74, 6) is -0.864. The quantitative estimate of drug-likeness (QED) is 0.536. The largest absolute Gasteiger partial charge is 0.467 e. The first-order valence-corrected chi connectivity index (χ1v) is 8.09. The molecule has 6 heteroatoms. The van der Waals surface area contributed by atoms with Crippen LogP contribution in [0.1, 0.15) is 16.7 Å². The number of rotatable bonds is 6. The molecule has 0 bridgehead atoms. The molecule has 3 rings (SSSR count). The normalized spacial score (nSPS) is 15.1. The predicted molar refractivity (Wildman–Crippen MR) is 93.9 cm³/mol. The third kappa shape index (κ3) is 2.99. The summed E-state index contributed by atoms with van der Waals surface area (Å²) in [6, 6.07) is 15.6. The van der Waals surface area contributed by atoms with Crippen LogP contribution in [0.4, 0.5) is 0 Å². The topological polar surface area (TPSA) is 102 Å². The maximum atomic E-state index is 12.0. The molecule has 0 heterocycles. The molecule has 2 unspecified atom stereocenters. The van der Waals surface area contributed by atoms with Gasteiger partial charge >= 0.3 is 5.97 Å².